The van der Waals surface area contributed by atoms with Crippen molar-refractivity contribution >= 4 is 17.5 Å². The van der Waals surface area contributed by atoms with Crippen LogP contribution in [0.15, 0.2) is 53.4 Å². The van der Waals surface area contributed by atoms with E-state index in [9.17, 15) is 9.18 Å². The van der Waals surface area contributed by atoms with Crippen LogP contribution in [-0.2, 0) is 6.42 Å². The molecular weight excluding hydrogens is 259 g/mol. The van der Waals surface area contributed by atoms with Gasteiger partial charge < -0.3 is 0 Å². The van der Waals surface area contributed by atoms with Gasteiger partial charge >= 0.3 is 0 Å². The molecule has 0 radical (unpaired) electrons. The van der Waals surface area contributed by atoms with Crippen LogP contribution in [0, 0.1) is 5.82 Å². The number of aryl methyl sites for hydroxylation is 1. The molecular formula is C16H15FOS. The van der Waals surface area contributed by atoms with Gasteiger partial charge in [-0.05, 0) is 54.6 Å². The van der Waals surface area contributed by atoms with Crippen LogP contribution in [0.3, 0.4) is 0 Å². The fraction of sp³-hybridized carbons (Fsp3) is 0.188. The van der Waals surface area contributed by atoms with E-state index in [0.717, 1.165) is 5.56 Å². The summed E-state index contributed by atoms with van der Waals surface area (Å²) < 4.78 is 12.8. The first-order valence-electron chi connectivity index (χ1n) is 6.11. The zero-order valence-corrected chi connectivity index (χ0v) is 11.5. The first-order valence-corrected chi connectivity index (χ1v) is 7.33. The van der Waals surface area contributed by atoms with Gasteiger partial charge in [0.05, 0.1) is 0 Å². The van der Waals surface area contributed by atoms with E-state index in [2.05, 4.69) is 12.1 Å². The predicted molar refractivity (Wildman–Crippen MR) is 77.3 cm³/mol. The predicted octanol–water partition coefficient (Wildman–Crippen LogP) is 4.36. The van der Waals surface area contributed by atoms with Crippen LogP contribution in [0.5, 0.6) is 0 Å². The Morgan fingerprint density at radius 2 is 1.68 bits per heavy atom. The molecule has 0 aromatic heterocycles. The minimum absolute atomic E-state index is 0.0499. The lowest BCUT2D eigenvalue weighted by Gasteiger charge is -2.03. The second-order valence-corrected chi connectivity index (χ2v) is 5.16. The topological polar surface area (TPSA) is 17.1 Å². The van der Waals surface area contributed by atoms with E-state index >= 15 is 0 Å². The molecule has 0 bridgehead atoms. The molecule has 0 fully saturated rings. The molecule has 98 valence electrons. The molecule has 2 aromatic rings. The number of halogens is 1. The summed E-state index contributed by atoms with van der Waals surface area (Å²) >= 11 is 1.70. The molecule has 0 aliphatic rings. The average molecular weight is 274 g/mol. The minimum atomic E-state index is -0.316. The van der Waals surface area contributed by atoms with Crippen molar-refractivity contribution in [1.82, 2.24) is 0 Å². The maximum atomic E-state index is 12.8. The lowest BCUT2D eigenvalue weighted by Crippen LogP contribution is -2.01. The molecule has 0 spiro atoms. The molecule has 0 saturated carbocycles. The highest BCUT2D eigenvalue weighted by molar-refractivity contribution is 7.98. The Labute approximate surface area is 116 Å². The SMILES string of the molecule is CSc1ccc(CCC(=O)c2ccc(F)cc2)cc1. The Morgan fingerprint density at radius 3 is 2.26 bits per heavy atom. The number of hydrogen-bond acceptors (Lipinski definition) is 2. The summed E-state index contributed by atoms with van der Waals surface area (Å²) in [5.41, 5.74) is 1.72. The highest BCUT2D eigenvalue weighted by Crippen LogP contribution is 2.16. The van der Waals surface area contributed by atoms with E-state index in [0.29, 0.717) is 18.4 Å². The second kappa shape index (κ2) is 6.53. The van der Waals surface area contributed by atoms with Crippen molar-refractivity contribution in [3.63, 3.8) is 0 Å². The number of carbonyl (C=O) groups is 1. The zero-order valence-electron chi connectivity index (χ0n) is 10.7. The van der Waals surface area contributed by atoms with Crippen LogP contribution in [0.2, 0.25) is 0 Å². The summed E-state index contributed by atoms with van der Waals surface area (Å²) in [6.45, 7) is 0. The summed E-state index contributed by atoms with van der Waals surface area (Å²) in [6.07, 6.45) is 3.20. The van der Waals surface area contributed by atoms with Crippen LogP contribution in [0.1, 0.15) is 22.3 Å². The molecule has 19 heavy (non-hydrogen) atoms. The first kappa shape index (κ1) is 13.8. The van der Waals surface area contributed by atoms with Gasteiger partial charge in [-0.1, -0.05) is 12.1 Å². The summed E-state index contributed by atoms with van der Waals surface area (Å²) in [6, 6.07) is 13.9. The van der Waals surface area contributed by atoms with Crippen LogP contribution in [0.4, 0.5) is 4.39 Å². The molecule has 2 rings (SSSR count). The van der Waals surface area contributed by atoms with Gasteiger partial charge in [0.1, 0.15) is 5.82 Å². The quantitative estimate of drug-likeness (QED) is 0.595. The fourth-order valence-electron chi connectivity index (χ4n) is 1.83. The first-order chi connectivity index (χ1) is 9.19. The molecule has 0 atom stereocenters. The minimum Gasteiger partial charge on any atom is -0.294 e. The van der Waals surface area contributed by atoms with Crippen molar-refractivity contribution in [1.29, 1.82) is 0 Å². The molecule has 0 aliphatic carbocycles. The number of Topliss-reactive ketones (excluding diaryl/α,β-unsaturated/α-hetero) is 1. The van der Waals surface area contributed by atoms with Crippen molar-refractivity contribution in [3.05, 3.63) is 65.5 Å². The van der Waals surface area contributed by atoms with Gasteiger partial charge in [-0.2, -0.15) is 0 Å². The number of rotatable bonds is 5. The average Bonchev–Trinajstić information content (AvgIpc) is 2.46. The highest BCUT2D eigenvalue weighted by Gasteiger charge is 2.06. The van der Waals surface area contributed by atoms with E-state index in [1.807, 2.05) is 18.4 Å². The molecule has 3 heteroatoms. The lowest BCUT2D eigenvalue weighted by molar-refractivity contribution is 0.0983. The fourth-order valence-corrected chi connectivity index (χ4v) is 2.24. The molecule has 0 unspecified atom stereocenters. The van der Waals surface area contributed by atoms with E-state index in [1.165, 1.54) is 29.2 Å². The number of carbonyl (C=O) groups excluding carboxylic acids is 1. The molecule has 1 nitrogen and oxygen atoms in total. The molecule has 0 N–H and O–H groups in total. The molecule has 0 amide bonds. The summed E-state index contributed by atoms with van der Waals surface area (Å²) in [4.78, 5) is 13.1. The Bertz CT molecular complexity index is 546. The summed E-state index contributed by atoms with van der Waals surface area (Å²) in [7, 11) is 0. The van der Waals surface area contributed by atoms with E-state index in [4.69, 9.17) is 0 Å². The van der Waals surface area contributed by atoms with Gasteiger partial charge in [-0.25, -0.2) is 4.39 Å². The van der Waals surface area contributed by atoms with Gasteiger partial charge in [-0.15, -0.1) is 11.8 Å². The Kier molecular flexibility index (Phi) is 4.74. The largest absolute Gasteiger partial charge is 0.294 e. The number of thioether (sulfide) groups is 1. The molecule has 0 heterocycles. The van der Waals surface area contributed by atoms with Crippen LogP contribution in [-0.4, -0.2) is 12.0 Å². The van der Waals surface area contributed by atoms with Gasteiger partial charge in [0.2, 0.25) is 0 Å². The maximum Gasteiger partial charge on any atom is 0.163 e. The van der Waals surface area contributed by atoms with Crippen LogP contribution >= 0.6 is 11.8 Å². The standard InChI is InChI=1S/C16H15FOS/c1-19-15-9-2-12(3-10-15)4-11-16(18)13-5-7-14(17)8-6-13/h2-3,5-10H,4,11H2,1H3. The van der Waals surface area contributed by atoms with Gasteiger partial charge in [0.15, 0.2) is 5.78 Å². The monoisotopic (exact) mass is 274 g/mol. The summed E-state index contributed by atoms with van der Waals surface area (Å²) in [5, 5.41) is 0. The van der Waals surface area contributed by atoms with E-state index in [1.54, 1.807) is 11.8 Å². The van der Waals surface area contributed by atoms with Gasteiger partial charge in [0.25, 0.3) is 0 Å². The smallest absolute Gasteiger partial charge is 0.163 e. The van der Waals surface area contributed by atoms with Crippen molar-refractivity contribution in [2.24, 2.45) is 0 Å². The highest BCUT2D eigenvalue weighted by atomic mass is 32.2. The van der Waals surface area contributed by atoms with E-state index in [-0.39, 0.29) is 11.6 Å². The van der Waals surface area contributed by atoms with Gasteiger partial charge in [-0.3, -0.25) is 4.79 Å². The Balaban J connectivity index is 1.94. The maximum absolute atomic E-state index is 12.8. The third-order valence-corrected chi connectivity index (χ3v) is 3.71. The van der Waals surface area contributed by atoms with Gasteiger partial charge in [0, 0.05) is 16.9 Å². The van der Waals surface area contributed by atoms with Crippen LogP contribution in [0.25, 0.3) is 0 Å². The molecule has 2 aromatic carbocycles. The van der Waals surface area contributed by atoms with Crippen molar-refractivity contribution in [2.45, 2.75) is 17.7 Å². The summed E-state index contributed by atoms with van der Waals surface area (Å²) in [5.74, 6) is -0.266. The van der Waals surface area contributed by atoms with Crippen LogP contribution < -0.4 is 0 Å². The molecule has 0 saturated heterocycles. The Hall–Kier alpha value is -1.61. The number of ketones is 1. The second-order valence-electron chi connectivity index (χ2n) is 4.28. The third-order valence-electron chi connectivity index (χ3n) is 2.97. The zero-order chi connectivity index (χ0) is 13.7. The normalized spacial score (nSPS) is 10.4. The van der Waals surface area contributed by atoms with Crippen molar-refractivity contribution < 1.29 is 9.18 Å². The van der Waals surface area contributed by atoms with Crippen molar-refractivity contribution in [2.75, 3.05) is 6.26 Å². The van der Waals surface area contributed by atoms with Crippen molar-refractivity contribution in [3.8, 4) is 0 Å². The number of hydrogen-bond donors (Lipinski definition) is 0. The van der Waals surface area contributed by atoms with E-state index < -0.39 is 0 Å². The number of benzene rings is 2. The lowest BCUT2D eigenvalue weighted by atomic mass is 10.0. The Morgan fingerprint density at radius 1 is 1.05 bits per heavy atom. The molecule has 0 aliphatic heterocycles. The third kappa shape index (κ3) is 3.93.